The predicted octanol–water partition coefficient (Wildman–Crippen LogP) is 3.05. The maximum absolute atomic E-state index is 11.6. The lowest BCUT2D eigenvalue weighted by molar-refractivity contribution is -0.213. The molecule has 0 atom stereocenters. The Morgan fingerprint density at radius 3 is 2.57 bits per heavy atom. The zero-order valence-corrected chi connectivity index (χ0v) is 12.4. The van der Waals surface area contributed by atoms with E-state index >= 15 is 0 Å². The topological polar surface area (TPSA) is 72.8 Å². The third-order valence-corrected chi connectivity index (χ3v) is 3.14. The quantitative estimate of drug-likeness (QED) is 0.509. The normalized spacial score (nSPS) is 9.95. The van der Waals surface area contributed by atoms with E-state index in [1.165, 1.54) is 18.2 Å². The molecule has 5 nitrogen and oxygen atoms in total. The first kappa shape index (κ1) is 15.1. The molecule has 0 fully saturated rings. The molecule has 0 saturated heterocycles. The third kappa shape index (κ3) is 4.32. The molecular formula is C15H11BrO5. The van der Waals surface area contributed by atoms with Crippen LogP contribution in [-0.2, 0) is 16.1 Å². The summed E-state index contributed by atoms with van der Waals surface area (Å²) in [5, 5.41) is 9.32. The van der Waals surface area contributed by atoms with Crippen LogP contribution in [0.25, 0.3) is 0 Å². The molecule has 0 aliphatic carbocycles. The number of phenols is 1. The Hall–Kier alpha value is -2.34. The monoisotopic (exact) mass is 350 g/mol. The number of carbonyl (C=O) groups is 2. The Balaban J connectivity index is 1.96. The summed E-state index contributed by atoms with van der Waals surface area (Å²) in [6.07, 6.45) is 0.569. The van der Waals surface area contributed by atoms with Crippen molar-refractivity contribution in [3.05, 3.63) is 58.1 Å². The molecule has 0 spiro atoms. The van der Waals surface area contributed by atoms with Crippen LogP contribution in [0, 0.1) is 0 Å². The summed E-state index contributed by atoms with van der Waals surface area (Å²) in [7, 11) is 0. The summed E-state index contributed by atoms with van der Waals surface area (Å²) in [5.41, 5.74) is 0.933. The molecule has 0 heterocycles. The molecule has 0 amide bonds. The molecule has 2 aromatic carbocycles. The first-order valence-corrected chi connectivity index (χ1v) is 6.78. The largest absolute Gasteiger partial charge is 0.508 e. The third-order valence-electron chi connectivity index (χ3n) is 2.61. The highest BCUT2D eigenvalue weighted by molar-refractivity contribution is 9.10. The molecule has 0 bridgehead atoms. The van der Waals surface area contributed by atoms with Gasteiger partial charge in [-0.1, -0.05) is 28.1 Å². The van der Waals surface area contributed by atoms with Gasteiger partial charge in [-0.05, 0) is 29.8 Å². The second-order valence-corrected chi connectivity index (χ2v) is 5.10. The Labute approximate surface area is 129 Å². The van der Waals surface area contributed by atoms with Crippen molar-refractivity contribution < 1.29 is 24.5 Å². The van der Waals surface area contributed by atoms with E-state index in [1.54, 1.807) is 12.1 Å². The maximum atomic E-state index is 11.6. The zero-order chi connectivity index (χ0) is 15.2. The lowest BCUT2D eigenvalue weighted by atomic mass is 10.2. The molecule has 2 aromatic rings. The molecule has 21 heavy (non-hydrogen) atoms. The number of aldehydes is 1. The molecule has 0 saturated carbocycles. The van der Waals surface area contributed by atoms with Gasteiger partial charge >= 0.3 is 5.97 Å². The molecule has 0 aliphatic heterocycles. The summed E-state index contributed by atoms with van der Waals surface area (Å²) in [5.74, 6) is -0.730. The van der Waals surface area contributed by atoms with Gasteiger partial charge in [0.1, 0.15) is 5.75 Å². The Morgan fingerprint density at radius 1 is 1.19 bits per heavy atom. The van der Waals surface area contributed by atoms with Gasteiger partial charge in [-0.2, -0.15) is 0 Å². The Bertz CT molecular complexity index is 652. The summed E-state index contributed by atoms with van der Waals surface area (Å²) >= 11 is 3.30. The highest BCUT2D eigenvalue weighted by atomic mass is 79.9. The van der Waals surface area contributed by atoms with Crippen LogP contribution in [0.3, 0.4) is 0 Å². The van der Waals surface area contributed by atoms with Crippen LogP contribution in [0.2, 0.25) is 0 Å². The van der Waals surface area contributed by atoms with Crippen molar-refractivity contribution in [1.82, 2.24) is 0 Å². The van der Waals surface area contributed by atoms with Crippen molar-refractivity contribution in [2.45, 2.75) is 6.42 Å². The van der Waals surface area contributed by atoms with Gasteiger partial charge < -0.3 is 5.11 Å². The van der Waals surface area contributed by atoms with Crippen LogP contribution in [-0.4, -0.2) is 17.4 Å². The van der Waals surface area contributed by atoms with Crippen molar-refractivity contribution in [3.63, 3.8) is 0 Å². The van der Waals surface area contributed by atoms with E-state index in [1.807, 2.05) is 12.1 Å². The standard InChI is InChI=1S/C15H11BrO5/c16-12-4-1-10(2-5-12)7-15(19)21-20-14-8-13(18)6-3-11(14)9-17/h1-6,8-9,18H,7H2. The average Bonchev–Trinajstić information content (AvgIpc) is 2.48. The average molecular weight is 351 g/mol. The van der Waals surface area contributed by atoms with Crippen molar-refractivity contribution >= 4 is 28.2 Å². The van der Waals surface area contributed by atoms with E-state index in [-0.39, 0.29) is 23.5 Å². The minimum atomic E-state index is -0.613. The molecule has 108 valence electrons. The Morgan fingerprint density at radius 2 is 1.90 bits per heavy atom. The lowest BCUT2D eigenvalue weighted by Gasteiger charge is -2.07. The van der Waals surface area contributed by atoms with Crippen LogP contribution >= 0.6 is 15.9 Å². The molecule has 0 unspecified atom stereocenters. The summed E-state index contributed by atoms with van der Waals surface area (Å²) in [4.78, 5) is 31.9. The molecule has 0 aromatic heterocycles. The fourth-order valence-electron chi connectivity index (χ4n) is 1.58. The second kappa shape index (κ2) is 6.90. The van der Waals surface area contributed by atoms with Crippen LogP contribution in [0.4, 0.5) is 0 Å². The molecule has 2 rings (SSSR count). The van der Waals surface area contributed by atoms with Gasteiger partial charge in [0.2, 0.25) is 0 Å². The van der Waals surface area contributed by atoms with E-state index in [0.717, 1.165) is 10.0 Å². The Kier molecular flexibility index (Phi) is 4.94. The number of rotatable bonds is 5. The van der Waals surface area contributed by atoms with E-state index in [2.05, 4.69) is 20.8 Å². The van der Waals surface area contributed by atoms with Crippen LogP contribution in [0.1, 0.15) is 15.9 Å². The van der Waals surface area contributed by atoms with Crippen LogP contribution in [0.5, 0.6) is 11.5 Å². The molecule has 1 N–H and O–H groups in total. The van der Waals surface area contributed by atoms with Gasteiger partial charge in [-0.25, -0.2) is 4.79 Å². The summed E-state index contributed by atoms with van der Waals surface area (Å²) < 4.78 is 0.909. The number of halogens is 1. The SMILES string of the molecule is O=Cc1ccc(O)cc1OOC(=O)Cc1ccc(Br)cc1. The van der Waals surface area contributed by atoms with Gasteiger partial charge in [0.05, 0.1) is 12.0 Å². The van der Waals surface area contributed by atoms with Crippen LogP contribution in [0.15, 0.2) is 46.9 Å². The van der Waals surface area contributed by atoms with Gasteiger partial charge in [0.25, 0.3) is 0 Å². The van der Waals surface area contributed by atoms with E-state index in [9.17, 15) is 14.7 Å². The fourth-order valence-corrected chi connectivity index (χ4v) is 1.85. The maximum Gasteiger partial charge on any atom is 0.359 e. The number of phenolic OH excluding ortho intramolecular Hbond substituents is 1. The van der Waals surface area contributed by atoms with Crippen LogP contribution < -0.4 is 4.89 Å². The van der Waals surface area contributed by atoms with Crippen molar-refractivity contribution in [3.8, 4) is 11.5 Å². The van der Waals surface area contributed by atoms with Crippen molar-refractivity contribution in [1.29, 1.82) is 0 Å². The second-order valence-electron chi connectivity index (χ2n) is 4.18. The summed E-state index contributed by atoms with van der Waals surface area (Å²) in [6, 6.07) is 11.1. The van der Waals surface area contributed by atoms with E-state index in [0.29, 0.717) is 6.29 Å². The van der Waals surface area contributed by atoms with E-state index in [4.69, 9.17) is 4.89 Å². The zero-order valence-electron chi connectivity index (χ0n) is 10.8. The van der Waals surface area contributed by atoms with E-state index < -0.39 is 5.97 Å². The van der Waals surface area contributed by atoms with Crippen molar-refractivity contribution in [2.75, 3.05) is 0 Å². The van der Waals surface area contributed by atoms with Crippen molar-refractivity contribution in [2.24, 2.45) is 0 Å². The van der Waals surface area contributed by atoms with Gasteiger partial charge in [-0.3, -0.25) is 14.6 Å². The number of aromatic hydroxyl groups is 1. The van der Waals surface area contributed by atoms with Gasteiger partial charge in [0.15, 0.2) is 12.0 Å². The molecule has 0 radical (unpaired) electrons. The highest BCUT2D eigenvalue weighted by Gasteiger charge is 2.10. The number of carbonyl (C=O) groups excluding carboxylic acids is 2. The number of benzene rings is 2. The molecular weight excluding hydrogens is 340 g/mol. The number of hydrogen-bond acceptors (Lipinski definition) is 5. The molecule has 0 aliphatic rings. The van der Waals surface area contributed by atoms with Gasteiger partial charge in [0, 0.05) is 10.5 Å². The highest BCUT2D eigenvalue weighted by Crippen LogP contribution is 2.23. The predicted molar refractivity (Wildman–Crippen MR) is 78.1 cm³/mol. The minimum absolute atomic E-state index is 0.0193. The minimum Gasteiger partial charge on any atom is -0.508 e. The van der Waals surface area contributed by atoms with Gasteiger partial charge in [-0.15, -0.1) is 0 Å². The number of hydrogen-bond donors (Lipinski definition) is 1. The smallest absolute Gasteiger partial charge is 0.359 e. The summed E-state index contributed by atoms with van der Waals surface area (Å²) in [6.45, 7) is 0. The fraction of sp³-hybridized carbons (Fsp3) is 0.0667. The lowest BCUT2D eigenvalue weighted by Crippen LogP contribution is -2.11. The first-order chi connectivity index (χ1) is 10.1. The molecule has 6 heteroatoms. The first-order valence-electron chi connectivity index (χ1n) is 5.98.